The Balaban J connectivity index is 2.17. The first-order valence-electron chi connectivity index (χ1n) is 11.1. The maximum atomic E-state index is 13.7. The van der Waals surface area contributed by atoms with Crippen molar-refractivity contribution in [3.05, 3.63) is 22.5 Å². The third-order valence-corrected chi connectivity index (χ3v) is 7.38. The van der Waals surface area contributed by atoms with E-state index in [1.54, 1.807) is 13.8 Å². The molecule has 3 aliphatic rings. The first-order valence-corrected chi connectivity index (χ1v) is 11.1. The molecule has 7 nitrogen and oxygen atoms in total. The number of carbonyl (C=O) groups excluding carboxylic acids is 3. The smallest absolute Gasteiger partial charge is 0.302 e. The van der Waals surface area contributed by atoms with Crippen molar-refractivity contribution in [2.45, 2.75) is 73.0 Å². The van der Waals surface area contributed by atoms with E-state index in [1.807, 2.05) is 6.92 Å². The number of Topliss-reactive ketones (excluding diaryl/α,β-unsaturated/α-hetero) is 2. The zero-order chi connectivity index (χ0) is 23.3. The average Bonchev–Trinajstić information content (AvgIpc) is 2.65. The zero-order valence-corrected chi connectivity index (χ0v) is 19.3. The van der Waals surface area contributed by atoms with Gasteiger partial charge in [0.15, 0.2) is 11.5 Å². The summed E-state index contributed by atoms with van der Waals surface area (Å²) in [7, 11) is 0. The highest BCUT2D eigenvalue weighted by atomic mass is 16.5. The molecule has 31 heavy (non-hydrogen) atoms. The van der Waals surface area contributed by atoms with E-state index in [1.165, 1.54) is 6.92 Å². The Labute approximate surface area is 183 Å². The molecule has 0 aromatic carbocycles. The van der Waals surface area contributed by atoms with Crippen molar-refractivity contribution < 1.29 is 34.1 Å². The summed E-state index contributed by atoms with van der Waals surface area (Å²) in [6.45, 7) is 10.8. The predicted molar refractivity (Wildman–Crippen MR) is 113 cm³/mol. The summed E-state index contributed by atoms with van der Waals surface area (Å²) in [5, 5.41) is 22.3. The number of hydrogen-bond acceptors (Lipinski definition) is 7. The van der Waals surface area contributed by atoms with Crippen LogP contribution in [0.1, 0.15) is 60.8 Å². The van der Waals surface area contributed by atoms with Crippen molar-refractivity contribution in [1.82, 2.24) is 0 Å². The summed E-state index contributed by atoms with van der Waals surface area (Å²) in [4.78, 5) is 38.4. The van der Waals surface area contributed by atoms with Gasteiger partial charge in [-0.15, -0.1) is 0 Å². The molecule has 0 heterocycles. The predicted octanol–water partition coefficient (Wildman–Crippen LogP) is 3.06. The maximum absolute atomic E-state index is 13.7. The van der Waals surface area contributed by atoms with Gasteiger partial charge in [-0.3, -0.25) is 14.4 Å². The molecule has 0 bridgehead atoms. The second kappa shape index (κ2) is 8.17. The van der Waals surface area contributed by atoms with E-state index in [4.69, 9.17) is 9.47 Å². The molecule has 2 N–H and O–H groups in total. The number of allylic oxidation sites excluding steroid dienone is 1. The Hall–Kier alpha value is -1.99. The number of rotatable bonds is 5. The minimum Gasteiger partial charge on any atom is -0.504 e. The molecule has 3 aliphatic carbocycles. The van der Waals surface area contributed by atoms with Gasteiger partial charge in [-0.25, -0.2) is 0 Å². The normalized spacial score (nSPS) is 33.7. The number of ketones is 2. The van der Waals surface area contributed by atoms with Gasteiger partial charge in [0.25, 0.3) is 0 Å². The summed E-state index contributed by atoms with van der Waals surface area (Å²) >= 11 is 0. The minimum atomic E-state index is -0.957. The highest BCUT2D eigenvalue weighted by molar-refractivity contribution is 6.25. The van der Waals surface area contributed by atoms with Gasteiger partial charge in [-0.2, -0.15) is 0 Å². The molecular formula is C24H34O7. The van der Waals surface area contributed by atoms with Crippen LogP contribution in [0.5, 0.6) is 0 Å². The molecule has 0 aromatic heterocycles. The standard InChI is InChI=1S/C24H34O7/c1-7-30-21-15-16(24(6)10-8-9-23(4,5)22(24)20(21)29)19(28)18(27)14(17(15)26)12(2)11-31-13(3)25/h12,20-22,27,29H,7-11H2,1-6H3/t12?,20-,21+,22+,24-/m1/s1. The van der Waals surface area contributed by atoms with E-state index >= 15 is 0 Å². The number of ether oxygens (including phenoxy) is 2. The van der Waals surface area contributed by atoms with Gasteiger partial charge < -0.3 is 19.7 Å². The lowest BCUT2D eigenvalue weighted by Gasteiger charge is -2.58. The number of hydrogen-bond donors (Lipinski definition) is 2. The first-order chi connectivity index (χ1) is 14.4. The van der Waals surface area contributed by atoms with Crippen LogP contribution in [0.15, 0.2) is 22.5 Å². The second-order valence-corrected chi connectivity index (χ2v) is 10.0. The molecule has 5 atom stereocenters. The van der Waals surface area contributed by atoms with Gasteiger partial charge in [0.2, 0.25) is 5.78 Å². The fourth-order valence-electron chi connectivity index (χ4n) is 6.26. The van der Waals surface area contributed by atoms with Crippen molar-refractivity contribution in [1.29, 1.82) is 0 Å². The molecule has 3 rings (SSSR count). The molecule has 0 radical (unpaired) electrons. The van der Waals surface area contributed by atoms with Gasteiger partial charge in [0, 0.05) is 41.9 Å². The van der Waals surface area contributed by atoms with E-state index in [0.29, 0.717) is 6.42 Å². The summed E-state index contributed by atoms with van der Waals surface area (Å²) in [6.07, 6.45) is 0.475. The Bertz CT molecular complexity index is 865. The summed E-state index contributed by atoms with van der Waals surface area (Å²) in [5.41, 5.74) is -0.682. The number of esters is 1. The fourth-order valence-corrected chi connectivity index (χ4v) is 6.26. The van der Waals surface area contributed by atoms with Crippen LogP contribution in [0, 0.1) is 22.7 Å². The van der Waals surface area contributed by atoms with Crippen molar-refractivity contribution >= 4 is 17.5 Å². The van der Waals surface area contributed by atoms with Crippen molar-refractivity contribution in [2.24, 2.45) is 22.7 Å². The number of carbonyl (C=O) groups is 3. The molecule has 172 valence electrons. The topological polar surface area (TPSA) is 110 Å². The van der Waals surface area contributed by atoms with E-state index in [-0.39, 0.29) is 41.3 Å². The molecule has 0 aliphatic heterocycles. The molecule has 0 spiro atoms. The van der Waals surface area contributed by atoms with E-state index in [0.717, 1.165) is 12.8 Å². The lowest BCUT2D eigenvalue weighted by Crippen LogP contribution is -2.60. The fraction of sp³-hybridized carbons (Fsp3) is 0.708. The van der Waals surface area contributed by atoms with Crippen LogP contribution in [0.3, 0.4) is 0 Å². The molecule has 1 fully saturated rings. The van der Waals surface area contributed by atoms with Gasteiger partial charge >= 0.3 is 5.97 Å². The van der Waals surface area contributed by atoms with E-state index in [9.17, 15) is 24.6 Å². The van der Waals surface area contributed by atoms with Gasteiger partial charge in [0.05, 0.1) is 18.3 Å². The lowest BCUT2D eigenvalue weighted by atomic mass is 9.47. The SMILES string of the molecule is CCO[C@H]1C2=C(C(=O)C(O)=C(C(C)COC(C)=O)C2=O)[C@@]2(C)CCCC(C)(C)[C@@H]2[C@@H]1O. The highest BCUT2D eigenvalue weighted by Crippen LogP contribution is 2.61. The van der Waals surface area contributed by atoms with Crippen LogP contribution >= 0.6 is 0 Å². The van der Waals surface area contributed by atoms with Crippen molar-refractivity contribution in [2.75, 3.05) is 13.2 Å². The molecule has 0 saturated heterocycles. The molecule has 1 unspecified atom stereocenters. The number of aliphatic hydroxyl groups excluding tert-OH is 2. The van der Waals surface area contributed by atoms with Crippen LogP contribution in [-0.2, 0) is 23.9 Å². The zero-order valence-electron chi connectivity index (χ0n) is 19.3. The lowest BCUT2D eigenvalue weighted by molar-refractivity contribution is -0.146. The van der Waals surface area contributed by atoms with Gasteiger partial charge in [-0.1, -0.05) is 34.1 Å². The van der Waals surface area contributed by atoms with Gasteiger partial charge in [0.1, 0.15) is 6.10 Å². The Morgan fingerprint density at radius 3 is 2.42 bits per heavy atom. The van der Waals surface area contributed by atoms with E-state index in [2.05, 4.69) is 13.8 Å². The quantitative estimate of drug-likeness (QED) is 0.505. The Morgan fingerprint density at radius 1 is 1.19 bits per heavy atom. The largest absolute Gasteiger partial charge is 0.504 e. The van der Waals surface area contributed by atoms with Crippen LogP contribution in [0.25, 0.3) is 0 Å². The highest BCUT2D eigenvalue weighted by Gasteiger charge is 2.61. The summed E-state index contributed by atoms with van der Waals surface area (Å²) < 4.78 is 10.9. The van der Waals surface area contributed by atoms with Crippen molar-refractivity contribution in [3.63, 3.8) is 0 Å². The number of fused-ring (bicyclic) bond motifs is 2. The number of aliphatic hydroxyl groups is 2. The molecule has 7 heteroatoms. The minimum absolute atomic E-state index is 0.0842. The van der Waals surface area contributed by atoms with Crippen LogP contribution < -0.4 is 0 Å². The second-order valence-electron chi connectivity index (χ2n) is 10.0. The van der Waals surface area contributed by atoms with Crippen LogP contribution in [0.4, 0.5) is 0 Å². The Morgan fingerprint density at radius 2 is 1.84 bits per heavy atom. The van der Waals surface area contributed by atoms with Crippen LogP contribution in [0.2, 0.25) is 0 Å². The monoisotopic (exact) mass is 434 g/mol. The summed E-state index contributed by atoms with van der Waals surface area (Å²) in [5.74, 6) is -3.16. The third-order valence-electron chi connectivity index (χ3n) is 7.38. The average molecular weight is 435 g/mol. The van der Waals surface area contributed by atoms with Crippen molar-refractivity contribution in [3.8, 4) is 0 Å². The van der Waals surface area contributed by atoms with E-state index < -0.39 is 46.8 Å². The molecular weight excluding hydrogens is 400 g/mol. The molecule has 1 saturated carbocycles. The first kappa shape index (κ1) is 23.7. The third kappa shape index (κ3) is 3.65. The maximum Gasteiger partial charge on any atom is 0.302 e. The molecule has 0 amide bonds. The van der Waals surface area contributed by atoms with Crippen LogP contribution in [-0.4, -0.2) is 53.2 Å². The Kier molecular flexibility index (Phi) is 6.24. The summed E-state index contributed by atoms with van der Waals surface area (Å²) in [6, 6.07) is 0. The molecule has 0 aromatic rings. The van der Waals surface area contributed by atoms with Gasteiger partial charge in [-0.05, 0) is 25.2 Å².